The normalized spacial score (nSPS) is 12.0. The summed E-state index contributed by atoms with van der Waals surface area (Å²) in [6.45, 7) is 3.15. The van der Waals surface area contributed by atoms with Crippen molar-refractivity contribution >= 4 is 37.1 Å². The summed E-state index contributed by atoms with van der Waals surface area (Å²) >= 11 is 1.32. The third-order valence-corrected chi connectivity index (χ3v) is 15.1. The highest BCUT2D eigenvalue weighted by molar-refractivity contribution is 7.99. The van der Waals surface area contributed by atoms with Crippen molar-refractivity contribution in [3.63, 3.8) is 0 Å². The van der Waals surface area contributed by atoms with Gasteiger partial charge in [0.15, 0.2) is 0 Å². The zero-order valence-electron chi connectivity index (χ0n) is 36.4. The molecule has 21 heteroatoms. The molecule has 5 aromatic carbocycles. The molecule has 0 aliphatic rings. The summed E-state index contributed by atoms with van der Waals surface area (Å²) in [7, 11) is -13.2. The van der Waals surface area contributed by atoms with Gasteiger partial charge in [0.2, 0.25) is 0 Å². The number of ether oxygens (including phenoxy) is 1. The lowest BCUT2D eigenvalue weighted by molar-refractivity contribution is -0.0539. The molecule has 0 amide bonds. The molecule has 0 fully saturated rings. The van der Waals surface area contributed by atoms with Gasteiger partial charge < -0.3 is 22.8 Å². The molecule has 1 N–H and O–H groups in total. The van der Waals surface area contributed by atoms with Crippen molar-refractivity contribution in [2.45, 2.75) is 62.2 Å². The van der Waals surface area contributed by atoms with E-state index in [4.69, 9.17) is 22.8 Å². The van der Waals surface area contributed by atoms with E-state index in [1.165, 1.54) is 16.3 Å². The number of rotatable bonds is 23. The first kappa shape index (κ1) is 52.9. The van der Waals surface area contributed by atoms with Gasteiger partial charge in [-0.3, -0.25) is 27.7 Å². The second-order valence-corrected chi connectivity index (χ2v) is 21.3. The van der Waals surface area contributed by atoms with Gasteiger partial charge in [-0.05, 0) is 54.3 Å². The Kier molecular flexibility index (Phi) is 20.0. The number of benzene rings is 5. The predicted octanol–water partition coefficient (Wildman–Crippen LogP) is 10.5. The SMILES string of the molecule is CCn1c(Sc2cccc(OCCP(=O)(OCc3ccccc3)OCc3ccccc3)c2)c(C)c(=O)[nH]c1=O.O=P(CCOS(=O)(=O)C(F)(F)F)(OCc1ccccc1)OCc1ccccc1. The summed E-state index contributed by atoms with van der Waals surface area (Å²) in [5, 5.41) is 0.580. The fraction of sp³-hybridized carbons (Fsp3) is 0.261. The molecule has 0 aliphatic carbocycles. The second-order valence-electron chi connectivity index (χ2n) is 14.3. The van der Waals surface area contributed by atoms with Crippen molar-refractivity contribution < 1.29 is 57.7 Å². The molecule has 0 bridgehead atoms. The molecular formula is C46H49F3N2O12P2S2. The number of halogens is 3. The summed E-state index contributed by atoms with van der Waals surface area (Å²) in [5.41, 5.74) is -2.82. The van der Waals surface area contributed by atoms with Crippen LogP contribution < -0.4 is 16.0 Å². The van der Waals surface area contributed by atoms with Crippen LogP contribution in [0.4, 0.5) is 13.2 Å². The average molecular weight is 1000 g/mol. The fourth-order valence-corrected chi connectivity index (χ4v) is 10.1. The van der Waals surface area contributed by atoms with Crippen LogP contribution in [-0.2, 0) is 74.5 Å². The summed E-state index contributed by atoms with van der Waals surface area (Å²) in [5.74, 6) is 0.561. The summed E-state index contributed by atoms with van der Waals surface area (Å²) in [6, 6.07) is 43.6. The molecule has 358 valence electrons. The van der Waals surface area contributed by atoms with Crippen LogP contribution in [0.1, 0.15) is 34.7 Å². The molecule has 6 rings (SSSR count). The van der Waals surface area contributed by atoms with E-state index in [0.29, 0.717) is 34.0 Å². The maximum Gasteiger partial charge on any atom is 0.523 e. The van der Waals surface area contributed by atoms with Crippen LogP contribution >= 0.6 is 27.0 Å². The predicted molar refractivity (Wildman–Crippen MR) is 249 cm³/mol. The Labute approximate surface area is 390 Å². The Morgan fingerprint density at radius 2 is 1.04 bits per heavy atom. The molecule has 67 heavy (non-hydrogen) atoms. The molecule has 0 saturated carbocycles. The van der Waals surface area contributed by atoms with E-state index < -0.39 is 54.8 Å². The van der Waals surface area contributed by atoms with Gasteiger partial charge in [0.05, 0.1) is 57.0 Å². The van der Waals surface area contributed by atoms with Crippen molar-refractivity contribution in [2.75, 3.05) is 25.5 Å². The summed E-state index contributed by atoms with van der Waals surface area (Å²) in [4.78, 5) is 27.5. The Balaban J connectivity index is 0.000000265. The third-order valence-electron chi connectivity index (χ3n) is 9.31. The van der Waals surface area contributed by atoms with Gasteiger partial charge in [0.25, 0.3) is 5.56 Å². The Morgan fingerprint density at radius 1 is 0.627 bits per heavy atom. The van der Waals surface area contributed by atoms with Crippen molar-refractivity contribution in [3.8, 4) is 5.75 Å². The van der Waals surface area contributed by atoms with Gasteiger partial charge in [-0.25, -0.2) is 4.79 Å². The van der Waals surface area contributed by atoms with Crippen molar-refractivity contribution in [2.24, 2.45) is 0 Å². The van der Waals surface area contributed by atoms with Crippen LogP contribution in [0.5, 0.6) is 5.75 Å². The maximum atomic E-state index is 13.6. The van der Waals surface area contributed by atoms with E-state index in [0.717, 1.165) is 16.0 Å². The van der Waals surface area contributed by atoms with Crippen molar-refractivity contribution in [3.05, 3.63) is 194 Å². The monoisotopic (exact) mass is 1000 g/mol. The highest BCUT2D eigenvalue weighted by atomic mass is 32.2. The first-order chi connectivity index (χ1) is 32.0. The molecule has 0 unspecified atom stereocenters. The van der Waals surface area contributed by atoms with Crippen LogP contribution in [0.3, 0.4) is 0 Å². The van der Waals surface area contributed by atoms with Crippen LogP contribution in [0.15, 0.2) is 165 Å². The third kappa shape index (κ3) is 17.2. The van der Waals surface area contributed by atoms with Crippen LogP contribution in [-0.4, -0.2) is 49.0 Å². The lowest BCUT2D eigenvalue weighted by Gasteiger charge is -2.19. The lowest BCUT2D eigenvalue weighted by Crippen LogP contribution is -2.32. The molecule has 1 aromatic heterocycles. The fourth-order valence-electron chi connectivity index (χ4n) is 5.73. The van der Waals surface area contributed by atoms with Crippen molar-refractivity contribution in [1.29, 1.82) is 0 Å². The molecule has 1 heterocycles. The lowest BCUT2D eigenvalue weighted by atomic mass is 10.2. The van der Waals surface area contributed by atoms with Crippen LogP contribution in [0, 0.1) is 6.92 Å². The van der Waals surface area contributed by atoms with Gasteiger partial charge in [-0.15, -0.1) is 0 Å². The number of alkyl halides is 3. The minimum absolute atomic E-state index is 0.0621. The first-order valence-corrected chi connectivity index (χ1v) is 26.3. The van der Waals surface area contributed by atoms with E-state index in [9.17, 15) is 40.3 Å². The van der Waals surface area contributed by atoms with Gasteiger partial charge in [0.1, 0.15) is 5.75 Å². The number of aromatic amines is 1. The zero-order valence-corrected chi connectivity index (χ0v) is 39.8. The molecule has 0 aliphatic heterocycles. The Hall–Kier alpha value is -5.07. The molecule has 0 radical (unpaired) electrons. The topological polar surface area (TPSA) is 179 Å². The second kappa shape index (κ2) is 25.3. The van der Waals surface area contributed by atoms with E-state index in [1.54, 1.807) is 73.7 Å². The Morgan fingerprint density at radius 3 is 1.45 bits per heavy atom. The molecule has 6 aromatic rings. The van der Waals surface area contributed by atoms with Crippen molar-refractivity contribution in [1.82, 2.24) is 9.55 Å². The number of nitrogens with one attached hydrogen (secondary N) is 1. The van der Waals surface area contributed by atoms with Crippen LogP contribution in [0.25, 0.3) is 0 Å². The van der Waals surface area contributed by atoms with Gasteiger partial charge in [-0.1, -0.05) is 139 Å². The minimum atomic E-state index is -5.79. The van der Waals surface area contributed by atoms with E-state index in [2.05, 4.69) is 9.17 Å². The van der Waals surface area contributed by atoms with E-state index in [-0.39, 0.29) is 39.2 Å². The molecule has 0 atom stereocenters. The number of aromatic nitrogens is 2. The molecule has 0 saturated heterocycles. The van der Waals surface area contributed by atoms with E-state index >= 15 is 0 Å². The number of hydrogen-bond acceptors (Lipinski definition) is 13. The number of hydrogen-bond donors (Lipinski definition) is 1. The quantitative estimate of drug-likeness (QED) is 0.0278. The average Bonchev–Trinajstić information content (AvgIpc) is 3.32. The minimum Gasteiger partial charge on any atom is -0.493 e. The standard InChI is InChI=1S/C29H31N2O6PS.C17H18F3O6PS/c1-3-31-28(22(2)27(32)30-29(31)33)39-26-16-10-15-25(19-26)35-17-18-38(34,36-20-23-11-6-4-7-12-23)37-21-24-13-8-5-9-14-24;18-17(19,20)28(22,23)26-11-12-27(21,24-13-15-7-3-1-4-8-15)25-14-16-9-5-2-6-10-16/h4-16,19H,3,17-18,20-21H2,1-2H3,(H,30,32,33);1-10H,11-14H2. The largest absolute Gasteiger partial charge is 0.523 e. The highest BCUT2D eigenvalue weighted by Gasteiger charge is 2.47. The van der Waals surface area contributed by atoms with Gasteiger partial charge in [0, 0.05) is 17.0 Å². The number of nitrogens with zero attached hydrogens (tertiary/aromatic N) is 1. The molecular weight excluding hydrogens is 956 g/mol. The Bertz CT molecular complexity index is 2710. The molecule has 0 spiro atoms. The first-order valence-electron chi connectivity index (χ1n) is 20.6. The molecule has 14 nitrogen and oxygen atoms in total. The van der Waals surface area contributed by atoms with E-state index in [1.807, 2.05) is 85.8 Å². The maximum absolute atomic E-state index is 13.6. The van der Waals surface area contributed by atoms with Gasteiger partial charge >= 0.3 is 36.5 Å². The summed E-state index contributed by atoms with van der Waals surface area (Å²) in [6.07, 6.45) is -0.603. The highest BCUT2D eigenvalue weighted by Crippen LogP contribution is 2.50. The number of H-pyrrole nitrogens is 1. The van der Waals surface area contributed by atoms with Crippen LogP contribution in [0.2, 0.25) is 0 Å². The van der Waals surface area contributed by atoms with Gasteiger partial charge in [-0.2, -0.15) is 21.6 Å². The smallest absolute Gasteiger partial charge is 0.493 e. The zero-order chi connectivity index (χ0) is 48.3. The summed E-state index contributed by atoms with van der Waals surface area (Å²) < 4.78 is 119.